The van der Waals surface area contributed by atoms with Gasteiger partial charge in [0.2, 0.25) is 0 Å². The first kappa shape index (κ1) is 14.6. The summed E-state index contributed by atoms with van der Waals surface area (Å²) in [6, 6.07) is 11.5. The zero-order valence-corrected chi connectivity index (χ0v) is 12.6. The summed E-state index contributed by atoms with van der Waals surface area (Å²) in [5, 5.41) is 9.08. The van der Waals surface area contributed by atoms with Crippen molar-refractivity contribution < 1.29 is 9.90 Å². The SMILES string of the molecule is O=C(O)C1CCN(C2CCC(c3ccccc3)CC2)CC1. The van der Waals surface area contributed by atoms with E-state index in [0.29, 0.717) is 6.04 Å². The summed E-state index contributed by atoms with van der Waals surface area (Å²) >= 11 is 0. The smallest absolute Gasteiger partial charge is 0.306 e. The van der Waals surface area contributed by atoms with Crippen LogP contribution < -0.4 is 0 Å². The van der Waals surface area contributed by atoms with Crippen LogP contribution in [0.3, 0.4) is 0 Å². The Hall–Kier alpha value is -1.35. The predicted octanol–water partition coefficient (Wildman–Crippen LogP) is 3.51. The molecule has 3 nitrogen and oxygen atoms in total. The Morgan fingerprint density at radius 1 is 0.952 bits per heavy atom. The third-order valence-corrected chi connectivity index (χ3v) is 5.36. The molecule has 1 aliphatic heterocycles. The number of hydrogen-bond acceptors (Lipinski definition) is 2. The van der Waals surface area contributed by atoms with Gasteiger partial charge < -0.3 is 10.0 Å². The van der Waals surface area contributed by atoms with Gasteiger partial charge in [0.25, 0.3) is 0 Å². The minimum absolute atomic E-state index is 0.109. The number of hydrogen-bond donors (Lipinski definition) is 1. The third-order valence-electron chi connectivity index (χ3n) is 5.36. The molecule has 1 aromatic rings. The van der Waals surface area contributed by atoms with Crippen LogP contribution in [0.15, 0.2) is 30.3 Å². The van der Waals surface area contributed by atoms with Gasteiger partial charge in [0.05, 0.1) is 5.92 Å². The van der Waals surface area contributed by atoms with Crippen LogP contribution in [0.4, 0.5) is 0 Å². The number of carboxylic acid groups (broad SMARTS) is 1. The van der Waals surface area contributed by atoms with E-state index in [1.807, 2.05) is 0 Å². The molecule has 3 heteroatoms. The number of carboxylic acids is 1. The molecule has 114 valence electrons. The quantitative estimate of drug-likeness (QED) is 0.925. The van der Waals surface area contributed by atoms with Crippen LogP contribution in [-0.4, -0.2) is 35.1 Å². The van der Waals surface area contributed by atoms with Crippen molar-refractivity contribution in [3.63, 3.8) is 0 Å². The molecule has 0 bridgehead atoms. The van der Waals surface area contributed by atoms with E-state index in [1.165, 1.54) is 31.2 Å². The molecule has 1 saturated heterocycles. The summed E-state index contributed by atoms with van der Waals surface area (Å²) in [6.07, 6.45) is 6.72. The monoisotopic (exact) mass is 287 g/mol. The fourth-order valence-electron chi connectivity index (χ4n) is 4.01. The van der Waals surface area contributed by atoms with E-state index in [1.54, 1.807) is 0 Å². The molecule has 1 aliphatic carbocycles. The first-order chi connectivity index (χ1) is 10.2. The van der Waals surface area contributed by atoms with Gasteiger partial charge in [-0.05, 0) is 63.1 Å². The maximum Gasteiger partial charge on any atom is 0.306 e. The number of rotatable bonds is 3. The molecule has 1 N–H and O–H groups in total. The van der Waals surface area contributed by atoms with Gasteiger partial charge in [0.15, 0.2) is 0 Å². The van der Waals surface area contributed by atoms with Crippen LogP contribution in [0.5, 0.6) is 0 Å². The first-order valence-electron chi connectivity index (χ1n) is 8.26. The molecule has 3 rings (SSSR count). The van der Waals surface area contributed by atoms with Crippen LogP contribution in [-0.2, 0) is 4.79 Å². The molecule has 1 heterocycles. The summed E-state index contributed by atoms with van der Waals surface area (Å²) in [5.74, 6) is 0.00310. The van der Waals surface area contributed by atoms with Crippen LogP contribution in [0.2, 0.25) is 0 Å². The third kappa shape index (κ3) is 3.46. The second kappa shape index (κ2) is 6.61. The van der Waals surface area contributed by atoms with Gasteiger partial charge in [-0.25, -0.2) is 0 Å². The van der Waals surface area contributed by atoms with Crippen LogP contribution in [0.1, 0.15) is 50.0 Å². The molecular formula is C18H25NO2. The van der Waals surface area contributed by atoms with Crippen molar-refractivity contribution in [2.45, 2.75) is 50.5 Å². The Morgan fingerprint density at radius 2 is 1.57 bits per heavy atom. The second-order valence-corrected chi connectivity index (χ2v) is 6.56. The van der Waals surface area contributed by atoms with Crippen LogP contribution in [0.25, 0.3) is 0 Å². The van der Waals surface area contributed by atoms with Crippen molar-refractivity contribution in [1.82, 2.24) is 4.90 Å². The lowest BCUT2D eigenvalue weighted by Crippen LogP contribution is -2.44. The van der Waals surface area contributed by atoms with Gasteiger partial charge in [0.1, 0.15) is 0 Å². The number of benzene rings is 1. The largest absolute Gasteiger partial charge is 0.481 e. The summed E-state index contributed by atoms with van der Waals surface area (Å²) in [7, 11) is 0. The lowest BCUT2D eigenvalue weighted by Gasteiger charge is -2.40. The van der Waals surface area contributed by atoms with Gasteiger partial charge >= 0.3 is 5.97 Å². The van der Waals surface area contributed by atoms with Crippen LogP contribution >= 0.6 is 0 Å². The Morgan fingerprint density at radius 3 is 2.14 bits per heavy atom. The molecule has 2 aliphatic rings. The normalized spacial score (nSPS) is 28.4. The molecular weight excluding hydrogens is 262 g/mol. The highest BCUT2D eigenvalue weighted by atomic mass is 16.4. The van der Waals surface area contributed by atoms with Gasteiger partial charge in [0, 0.05) is 6.04 Å². The molecule has 1 aromatic carbocycles. The minimum Gasteiger partial charge on any atom is -0.481 e. The Kier molecular flexibility index (Phi) is 4.59. The summed E-state index contributed by atoms with van der Waals surface area (Å²) < 4.78 is 0. The van der Waals surface area contributed by atoms with Crippen molar-refractivity contribution in [3.05, 3.63) is 35.9 Å². The van der Waals surface area contributed by atoms with E-state index in [2.05, 4.69) is 35.2 Å². The first-order valence-corrected chi connectivity index (χ1v) is 8.26. The number of carbonyl (C=O) groups is 1. The number of nitrogens with zero attached hydrogens (tertiary/aromatic N) is 1. The Bertz CT molecular complexity index is 457. The Labute approximate surface area is 127 Å². The van der Waals surface area contributed by atoms with Gasteiger partial charge in [-0.15, -0.1) is 0 Å². The maximum absolute atomic E-state index is 11.0. The summed E-state index contributed by atoms with van der Waals surface area (Å²) in [5.41, 5.74) is 1.49. The maximum atomic E-state index is 11.0. The standard InChI is InChI=1S/C18H25NO2/c20-18(21)16-10-12-19(13-11-16)17-8-6-15(7-9-17)14-4-2-1-3-5-14/h1-5,15-17H,6-13H2,(H,20,21). The van der Waals surface area contributed by atoms with E-state index in [4.69, 9.17) is 5.11 Å². The molecule has 2 fully saturated rings. The van der Waals surface area contributed by atoms with Gasteiger partial charge in [-0.3, -0.25) is 4.79 Å². The van der Waals surface area contributed by atoms with Gasteiger partial charge in [-0.2, -0.15) is 0 Å². The Balaban J connectivity index is 1.49. The fourth-order valence-corrected chi connectivity index (χ4v) is 4.01. The minimum atomic E-state index is -0.609. The zero-order chi connectivity index (χ0) is 14.7. The number of piperidine rings is 1. The van der Waals surface area contributed by atoms with E-state index >= 15 is 0 Å². The lowest BCUT2D eigenvalue weighted by atomic mass is 9.80. The molecule has 1 saturated carbocycles. The van der Waals surface area contributed by atoms with E-state index < -0.39 is 5.97 Å². The van der Waals surface area contributed by atoms with Crippen molar-refractivity contribution in [2.24, 2.45) is 5.92 Å². The molecule has 0 unspecified atom stereocenters. The van der Waals surface area contributed by atoms with Crippen molar-refractivity contribution in [2.75, 3.05) is 13.1 Å². The van der Waals surface area contributed by atoms with Crippen molar-refractivity contribution in [1.29, 1.82) is 0 Å². The molecule has 0 atom stereocenters. The van der Waals surface area contributed by atoms with Crippen molar-refractivity contribution in [3.8, 4) is 0 Å². The van der Waals surface area contributed by atoms with Crippen molar-refractivity contribution >= 4 is 5.97 Å². The predicted molar refractivity (Wildman–Crippen MR) is 83.4 cm³/mol. The average molecular weight is 287 g/mol. The van der Waals surface area contributed by atoms with E-state index in [0.717, 1.165) is 31.8 Å². The fraction of sp³-hybridized carbons (Fsp3) is 0.611. The van der Waals surface area contributed by atoms with E-state index in [9.17, 15) is 4.79 Å². The lowest BCUT2D eigenvalue weighted by molar-refractivity contribution is -0.143. The topological polar surface area (TPSA) is 40.5 Å². The highest BCUT2D eigenvalue weighted by molar-refractivity contribution is 5.70. The number of likely N-dealkylation sites (tertiary alicyclic amines) is 1. The highest BCUT2D eigenvalue weighted by Crippen LogP contribution is 2.35. The second-order valence-electron chi connectivity index (χ2n) is 6.56. The number of aliphatic carboxylic acids is 1. The molecule has 0 aromatic heterocycles. The molecule has 0 spiro atoms. The van der Waals surface area contributed by atoms with Crippen LogP contribution in [0, 0.1) is 5.92 Å². The molecule has 21 heavy (non-hydrogen) atoms. The average Bonchev–Trinajstić information content (AvgIpc) is 2.56. The zero-order valence-electron chi connectivity index (χ0n) is 12.6. The summed E-state index contributed by atoms with van der Waals surface area (Å²) in [4.78, 5) is 13.6. The summed E-state index contributed by atoms with van der Waals surface area (Å²) in [6.45, 7) is 1.94. The highest BCUT2D eigenvalue weighted by Gasteiger charge is 2.31. The molecule has 0 radical (unpaired) electrons. The van der Waals surface area contributed by atoms with Gasteiger partial charge in [-0.1, -0.05) is 30.3 Å². The molecule has 0 amide bonds. The van der Waals surface area contributed by atoms with E-state index in [-0.39, 0.29) is 5.92 Å².